The number of fused-ring (bicyclic) bond motifs is 1. The van der Waals surface area contributed by atoms with Gasteiger partial charge in [-0.3, -0.25) is 4.79 Å². The van der Waals surface area contributed by atoms with Crippen LogP contribution in [0, 0.1) is 0 Å². The third kappa shape index (κ3) is 3.88. The zero-order chi connectivity index (χ0) is 18.9. The highest BCUT2D eigenvalue weighted by Crippen LogP contribution is 2.19. The van der Waals surface area contributed by atoms with E-state index in [-0.39, 0.29) is 17.5 Å². The first kappa shape index (κ1) is 18.4. The third-order valence-electron chi connectivity index (χ3n) is 4.72. The normalized spacial score (nSPS) is 19.8. The van der Waals surface area contributed by atoms with Gasteiger partial charge in [0.05, 0.1) is 17.1 Å². The van der Waals surface area contributed by atoms with Gasteiger partial charge in [-0.2, -0.15) is 0 Å². The minimum Gasteiger partial charge on any atom is -0.449 e. The van der Waals surface area contributed by atoms with Crippen molar-refractivity contribution in [1.29, 1.82) is 0 Å². The Labute approximate surface area is 152 Å². The predicted molar refractivity (Wildman–Crippen MR) is 98.7 cm³/mol. The Balaban J connectivity index is 1.66. The Morgan fingerprint density at radius 1 is 1.15 bits per heavy atom. The number of ether oxygens (including phenoxy) is 1. The molecule has 1 fully saturated rings. The summed E-state index contributed by atoms with van der Waals surface area (Å²) < 4.78 is 28.5. The molecule has 0 aliphatic carbocycles. The van der Waals surface area contributed by atoms with Crippen LogP contribution in [0.15, 0.2) is 42.5 Å². The number of esters is 1. The smallest absolute Gasteiger partial charge is 0.338 e. The lowest BCUT2D eigenvalue weighted by molar-refractivity contribution is -0.140. The molecule has 1 amide bonds. The quantitative estimate of drug-likeness (QED) is 0.764. The number of hydrogen-bond donors (Lipinski definition) is 0. The maximum Gasteiger partial charge on any atom is 0.338 e. The first-order chi connectivity index (χ1) is 12.3. The van der Waals surface area contributed by atoms with Gasteiger partial charge >= 0.3 is 5.97 Å². The molecule has 0 bridgehead atoms. The van der Waals surface area contributed by atoms with Crippen LogP contribution in [0.1, 0.15) is 23.7 Å². The van der Waals surface area contributed by atoms with E-state index >= 15 is 0 Å². The fourth-order valence-electron chi connectivity index (χ4n) is 3.14. The Hall–Kier alpha value is -2.41. The molecule has 0 N–H and O–H groups in total. The number of sulfone groups is 1. The molecule has 0 saturated carbocycles. The summed E-state index contributed by atoms with van der Waals surface area (Å²) in [5.41, 5.74) is 0.370. The summed E-state index contributed by atoms with van der Waals surface area (Å²) in [6.45, 7) is 1.50. The fraction of sp³-hybridized carbons (Fsp3) is 0.368. The van der Waals surface area contributed by atoms with Crippen molar-refractivity contribution in [1.82, 2.24) is 4.90 Å². The average Bonchev–Trinajstić information content (AvgIpc) is 2.99. The number of hydrogen-bond acceptors (Lipinski definition) is 5. The van der Waals surface area contributed by atoms with Crippen LogP contribution < -0.4 is 0 Å². The van der Waals surface area contributed by atoms with Crippen LogP contribution in [0.2, 0.25) is 0 Å². The molecule has 2 aromatic carbocycles. The van der Waals surface area contributed by atoms with E-state index in [1.807, 2.05) is 30.3 Å². The van der Waals surface area contributed by atoms with E-state index in [0.29, 0.717) is 12.0 Å². The van der Waals surface area contributed by atoms with E-state index in [9.17, 15) is 18.0 Å². The molecular weight excluding hydrogens is 354 g/mol. The maximum atomic E-state index is 12.5. The van der Waals surface area contributed by atoms with Crippen molar-refractivity contribution in [3.05, 3.63) is 48.0 Å². The van der Waals surface area contributed by atoms with Gasteiger partial charge in [0.1, 0.15) is 0 Å². The Morgan fingerprint density at radius 3 is 2.50 bits per heavy atom. The second-order valence-corrected chi connectivity index (χ2v) is 8.84. The molecule has 2 aromatic rings. The van der Waals surface area contributed by atoms with Crippen molar-refractivity contribution >= 4 is 32.5 Å². The Kier molecular flexibility index (Phi) is 5.00. The number of nitrogens with zero attached hydrogens (tertiary/aromatic N) is 1. The van der Waals surface area contributed by atoms with Gasteiger partial charge in [-0.1, -0.05) is 30.3 Å². The van der Waals surface area contributed by atoms with Crippen LogP contribution in [0.4, 0.5) is 0 Å². The number of benzene rings is 2. The molecule has 138 valence electrons. The van der Waals surface area contributed by atoms with E-state index < -0.39 is 27.8 Å². The van der Waals surface area contributed by atoms with Crippen LogP contribution in [-0.4, -0.2) is 55.9 Å². The van der Waals surface area contributed by atoms with Crippen LogP contribution in [-0.2, 0) is 19.4 Å². The minimum atomic E-state index is -3.09. The molecule has 0 radical (unpaired) electrons. The van der Waals surface area contributed by atoms with Gasteiger partial charge < -0.3 is 9.64 Å². The van der Waals surface area contributed by atoms with Gasteiger partial charge in [-0.15, -0.1) is 0 Å². The Bertz CT molecular complexity index is 953. The van der Waals surface area contributed by atoms with E-state index in [1.54, 1.807) is 19.2 Å². The van der Waals surface area contributed by atoms with Crippen molar-refractivity contribution in [2.24, 2.45) is 0 Å². The summed E-state index contributed by atoms with van der Waals surface area (Å²) in [5, 5.41) is 1.92. The molecule has 0 spiro atoms. The highest BCUT2D eigenvalue weighted by molar-refractivity contribution is 7.91. The van der Waals surface area contributed by atoms with Crippen LogP contribution in [0.25, 0.3) is 10.8 Å². The van der Waals surface area contributed by atoms with Crippen molar-refractivity contribution in [3.8, 4) is 0 Å². The van der Waals surface area contributed by atoms with Gasteiger partial charge in [0, 0.05) is 13.1 Å². The van der Waals surface area contributed by atoms with E-state index in [0.717, 1.165) is 10.8 Å². The van der Waals surface area contributed by atoms with E-state index in [4.69, 9.17) is 4.74 Å². The third-order valence-corrected chi connectivity index (χ3v) is 6.47. The number of carbonyl (C=O) groups excluding carboxylic acids is 2. The van der Waals surface area contributed by atoms with Crippen molar-refractivity contribution in [3.63, 3.8) is 0 Å². The van der Waals surface area contributed by atoms with Gasteiger partial charge in [0.15, 0.2) is 15.9 Å². The maximum absolute atomic E-state index is 12.5. The fourth-order valence-corrected chi connectivity index (χ4v) is 4.92. The van der Waals surface area contributed by atoms with Crippen LogP contribution in [0.5, 0.6) is 0 Å². The summed E-state index contributed by atoms with van der Waals surface area (Å²) in [7, 11) is -1.54. The predicted octanol–water partition coefficient (Wildman–Crippen LogP) is 2.03. The molecule has 2 atom stereocenters. The highest BCUT2D eigenvalue weighted by Gasteiger charge is 2.35. The van der Waals surface area contributed by atoms with Gasteiger partial charge in [-0.05, 0) is 36.2 Å². The lowest BCUT2D eigenvalue weighted by atomic mass is 10.1. The van der Waals surface area contributed by atoms with E-state index in [2.05, 4.69) is 0 Å². The molecule has 1 aliphatic rings. The molecule has 1 saturated heterocycles. The molecule has 26 heavy (non-hydrogen) atoms. The second-order valence-electron chi connectivity index (χ2n) is 6.62. The molecular formula is C19H21NO5S. The average molecular weight is 375 g/mol. The molecule has 1 heterocycles. The molecule has 0 aromatic heterocycles. The SMILES string of the molecule is CC(OC(=O)c1ccc2ccccc2c1)C(=O)N(C)C1CCS(=O)(=O)C1. The monoisotopic (exact) mass is 375 g/mol. The van der Waals surface area contributed by atoms with Crippen LogP contribution >= 0.6 is 0 Å². The summed E-state index contributed by atoms with van der Waals surface area (Å²) in [4.78, 5) is 26.2. The molecule has 3 rings (SSSR count). The summed E-state index contributed by atoms with van der Waals surface area (Å²) in [6.07, 6.45) is -0.571. The molecule has 6 nitrogen and oxygen atoms in total. The van der Waals surface area contributed by atoms with Crippen LogP contribution in [0.3, 0.4) is 0 Å². The van der Waals surface area contributed by atoms with Gasteiger partial charge in [0.25, 0.3) is 5.91 Å². The van der Waals surface area contributed by atoms with Crippen molar-refractivity contribution < 1.29 is 22.7 Å². The summed E-state index contributed by atoms with van der Waals surface area (Å²) in [5.74, 6) is -0.938. The number of carbonyl (C=O) groups is 2. The van der Waals surface area contributed by atoms with Crippen molar-refractivity contribution in [2.75, 3.05) is 18.6 Å². The zero-order valence-electron chi connectivity index (χ0n) is 14.7. The topological polar surface area (TPSA) is 80.8 Å². The lowest BCUT2D eigenvalue weighted by Gasteiger charge is -2.26. The standard InChI is InChI=1S/C19H21NO5S/c1-13(18(21)20(2)17-9-10-26(23,24)12-17)25-19(22)16-8-7-14-5-3-4-6-15(14)11-16/h3-8,11,13,17H,9-10,12H2,1-2H3. The first-order valence-electron chi connectivity index (χ1n) is 8.44. The first-order valence-corrected chi connectivity index (χ1v) is 10.3. The highest BCUT2D eigenvalue weighted by atomic mass is 32.2. The molecule has 1 aliphatic heterocycles. The van der Waals surface area contributed by atoms with Crippen molar-refractivity contribution in [2.45, 2.75) is 25.5 Å². The minimum absolute atomic E-state index is 0.0411. The van der Waals surface area contributed by atoms with E-state index in [1.165, 1.54) is 11.8 Å². The zero-order valence-corrected chi connectivity index (χ0v) is 15.5. The second kappa shape index (κ2) is 7.07. The summed E-state index contributed by atoms with van der Waals surface area (Å²) >= 11 is 0. The largest absolute Gasteiger partial charge is 0.449 e. The molecule has 2 unspecified atom stereocenters. The lowest BCUT2D eigenvalue weighted by Crippen LogP contribution is -2.44. The molecule has 7 heteroatoms. The number of amides is 1. The Morgan fingerprint density at radius 2 is 1.85 bits per heavy atom. The number of likely N-dealkylation sites (N-methyl/N-ethyl adjacent to an activating group) is 1. The summed E-state index contributed by atoms with van der Waals surface area (Å²) in [6, 6.07) is 12.5. The van der Waals surface area contributed by atoms with Gasteiger partial charge in [0.2, 0.25) is 0 Å². The number of rotatable bonds is 4. The van der Waals surface area contributed by atoms with Gasteiger partial charge in [-0.25, -0.2) is 13.2 Å².